The van der Waals surface area contributed by atoms with Gasteiger partial charge in [-0.05, 0) is 69.3 Å². The maximum atomic E-state index is 13.7. The Hall–Kier alpha value is -4.54. The molecule has 0 aliphatic heterocycles. The average molecular weight is 474 g/mol. The molecule has 4 aromatic heterocycles. The number of pyridine rings is 1. The number of aromatic nitrogens is 7. The molecular formula is C24H20F2N8O. The van der Waals surface area contributed by atoms with Crippen molar-refractivity contribution in [1.29, 1.82) is 0 Å². The molecule has 0 saturated heterocycles. The monoisotopic (exact) mass is 474 g/mol. The van der Waals surface area contributed by atoms with Gasteiger partial charge in [-0.1, -0.05) is 0 Å². The number of anilines is 2. The lowest BCUT2D eigenvalue weighted by Gasteiger charge is -2.12. The van der Waals surface area contributed by atoms with Gasteiger partial charge in [0.2, 0.25) is 0 Å². The van der Waals surface area contributed by atoms with Crippen molar-refractivity contribution >= 4 is 28.3 Å². The molecule has 0 unspecified atom stereocenters. The van der Waals surface area contributed by atoms with E-state index in [1.807, 2.05) is 37.3 Å². The van der Waals surface area contributed by atoms with Crippen molar-refractivity contribution in [2.45, 2.75) is 27.2 Å². The minimum Gasteiger partial charge on any atom is -0.339 e. The third-order valence-corrected chi connectivity index (χ3v) is 5.39. The fourth-order valence-corrected chi connectivity index (χ4v) is 3.74. The number of aryl methyl sites for hydroxylation is 2. The van der Waals surface area contributed by atoms with Crippen molar-refractivity contribution in [2.75, 3.05) is 5.32 Å². The van der Waals surface area contributed by atoms with E-state index in [1.54, 1.807) is 30.0 Å². The summed E-state index contributed by atoms with van der Waals surface area (Å²) < 4.78 is 30.1. The molecule has 1 N–H and O–H groups in total. The Kier molecular flexibility index (Phi) is 5.51. The van der Waals surface area contributed by atoms with Crippen LogP contribution in [0.15, 0.2) is 54.9 Å². The van der Waals surface area contributed by atoms with Crippen molar-refractivity contribution in [3.8, 4) is 11.6 Å². The summed E-state index contributed by atoms with van der Waals surface area (Å²) >= 11 is 0. The SMILES string of the molecule is CC(=O)c1ccc(-n2cnc3cc(Nc4ccc(C)nn4)ccc32)nc1-n1nc(C)cc1C(F)F. The first-order chi connectivity index (χ1) is 16.8. The molecule has 0 aliphatic rings. The number of carbonyl (C=O) groups is 1. The zero-order chi connectivity index (χ0) is 24.7. The van der Waals surface area contributed by atoms with Crippen LogP contribution in [0.5, 0.6) is 0 Å². The molecule has 0 amide bonds. The highest BCUT2D eigenvalue weighted by Crippen LogP contribution is 2.27. The second kappa shape index (κ2) is 8.67. The van der Waals surface area contributed by atoms with E-state index < -0.39 is 6.43 Å². The van der Waals surface area contributed by atoms with Crippen LogP contribution < -0.4 is 5.32 Å². The van der Waals surface area contributed by atoms with E-state index in [4.69, 9.17) is 0 Å². The van der Waals surface area contributed by atoms with Crippen molar-refractivity contribution in [3.05, 3.63) is 77.5 Å². The van der Waals surface area contributed by atoms with Gasteiger partial charge in [0.15, 0.2) is 17.4 Å². The Morgan fingerprint density at radius 1 is 1.00 bits per heavy atom. The lowest BCUT2D eigenvalue weighted by atomic mass is 10.2. The highest BCUT2D eigenvalue weighted by molar-refractivity contribution is 5.97. The second-order valence-corrected chi connectivity index (χ2v) is 8.02. The van der Waals surface area contributed by atoms with Crippen LogP contribution >= 0.6 is 0 Å². The molecule has 5 aromatic rings. The van der Waals surface area contributed by atoms with Crippen LogP contribution in [0.4, 0.5) is 20.3 Å². The number of Topliss-reactive ketones (excluding diaryl/α,β-unsaturated/α-hetero) is 1. The smallest absolute Gasteiger partial charge is 0.280 e. The molecule has 1 aromatic carbocycles. The fraction of sp³-hybridized carbons (Fsp3) is 0.167. The molecule has 0 aliphatic carbocycles. The topological polar surface area (TPSA) is 103 Å². The molecule has 4 heterocycles. The summed E-state index contributed by atoms with van der Waals surface area (Å²) in [6, 6.07) is 13.7. The second-order valence-electron chi connectivity index (χ2n) is 8.02. The van der Waals surface area contributed by atoms with Crippen LogP contribution in [-0.2, 0) is 0 Å². The first-order valence-electron chi connectivity index (χ1n) is 10.7. The number of rotatable bonds is 6. The zero-order valence-electron chi connectivity index (χ0n) is 19.1. The van der Waals surface area contributed by atoms with E-state index in [2.05, 4.69) is 30.6 Å². The van der Waals surface area contributed by atoms with Crippen LogP contribution in [-0.4, -0.2) is 40.3 Å². The van der Waals surface area contributed by atoms with Crippen molar-refractivity contribution in [2.24, 2.45) is 0 Å². The zero-order valence-corrected chi connectivity index (χ0v) is 19.1. The maximum Gasteiger partial charge on any atom is 0.280 e. The maximum absolute atomic E-state index is 13.7. The Labute approximate surface area is 198 Å². The fourth-order valence-electron chi connectivity index (χ4n) is 3.74. The number of carbonyl (C=O) groups excluding carboxylic acids is 1. The Balaban J connectivity index is 1.56. The Bertz CT molecular complexity index is 1560. The van der Waals surface area contributed by atoms with Crippen LogP contribution in [0.25, 0.3) is 22.7 Å². The van der Waals surface area contributed by atoms with E-state index in [0.29, 0.717) is 22.8 Å². The van der Waals surface area contributed by atoms with Crippen molar-refractivity contribution < 1.29 is 13.6 Å². The number of alkyl halides is 2. The number of nitrogens with one attached hydrogen (secondary N) is 1. The molecule has 11 heteroatoms. The number of nitrogens with zero attached hydrogens (tertiary/aromatic N) is 7. The molecule has 0 atom stereocenters. The molecule has 5 rings (SSSR count). The molecule has 176 valence electrons. The van der Waals surface area contributed by atoms with Gasteiger partial charge in [-0.3, -0.25) is 9.36 Å². The van der Waals surface area contributed by atoms with E-state index in [9.17, 15) is 13.6 Å². The molecule has 0 fully saturated rings. The number of fused-ring (bicyclic) bond motifs is 1. The highest BCUT2D eigenvalue weighted by atomic mass is 19.3. The quantitative estimate of drug-likeness (QED) is 0.349. The number of imidazole rings is 1. The van der Waals surface area contributed by atoms with E-state index in [0.717, 1.165) is 21.6 Å². The minimum atomic E-state index is -2.78. The van der Waals surface area contributed by atoms with Gasteiger partial charge in [-0.2, -0.15) is 10.2 Å². The molecule has 35 heavy (non-hydrogen) atoms. The third kappa shape index (κ3) is 4.23. The van der Waals surface area contributed by atoms with E-state index in [-0.39, 0.29) is 22.9 Å². The highest BCUT2D eigenvalue weighted by Gasteiger charge is 2.22. The predicted octanol–water partition coefficient (Wildman–Crippen LogP) is 4.90. The van der Waals surface area contributed by atoms with Crippen molar-refractivity contribution in [3.63, 3.8) is 0 Å². The average Bonchev–Trinajstić information content (AvgIpc) is 3.43. The molecule has 0 bridgehead atoms. The Morgan fingerprint density at radius 2 is 1.83 bits per heavy atom. The summed E-state index contributed by atoms with van der Waals surface area (Å²) in [6.07, 6.45) is -1.19. The van der Waals surface area contributed by atoms with Gasteiger partial charge < -0.3 is 5.32 Å². The Morgan fingerprint density at radius 3 is 2.54 bits per heavy atom. The number of halogens is 2. The summed E-state index contributed by atoms with van der Waals surface area (Å²) in [6.45, 7) is 4.83. The lowest BCUT2D eigenvalue weighted by molar-refractivity contribution is 0.101. The standard InChI is InChI=1S/C24H20F2N8O/c1-13-4-8-21(31-30-13)28-16-5-7-19-18(11-16)27-12-33(19)22-9-6-17(15(3)35)24(29-22)34-20(23(25)26)10-14(2)32-34/h4-12,23H,1-3H3,(H,28,31). The van der Waals surface area contributed by atoms with Crippen LogP contribution in [0.1, 0.15) is 40.8 Å². The summed E-state index contributed by atoms with van der Waals surface area (Å²) in [5.41, 5.74) is 3.26. The van der Waals surface area contributed by atoms with Gasteiger partial charge in [-0.25, -0.2) is 23.4 Å². The van der Waals surface area contributed by atoms with Crippen LogP contribution in [0.3, 0.4) is 0 Å². The van der Waals surface area contributed by atoms with Crippen LogP contribution in [0, 0.1) is 13.8 Å². The van der Waals surface area contributed by atoms with Gasteiger partial charge in [-0.15, -0.1) is 5.10 Å². The summed E-state index contributed by atoms with van der Waals surface area (Å²) in [7, 11) is 0. The molecule has 0 saturated carbocycles. The molecule has 0 radical (unpaired) electrons. The number of ketones is 1. The lowest BCUT2D eigenvalue weighted by Crippen LogP contribution is -2.12. The predicted molar refractivity (Wildman–Crippen MR) is 126 cm³/mol. The third-order valence-electron chi connectivity index (χ3n) is 5.39. The van der Waals surface area contributed by atoms with Crippen molar-refractivity contribution in [1.82, 2.24) is 34.5 Å². The number of benzene rings is 1. The van der Waals surface area contributed by atoms with Gasteiger partial charge in [0, 0.05) is 5.69 Å². The first-order valence-corrected chi connectivity index (χ1v) is 10.7. The van der Waals surface area contributed by atoms with Gasteiger partial charge in [0.25, 0.3) is 6.43 Å². The van der Waals surface area contributed by atoms with E-state index >= 15 is 0 Å². The first kappa shape index (κ1) is 22.3. The normalized spacial score (nSPS) is 11.4. The van der Waals surface area contributed by atoms with Gasteiger partial charge in [0.05, 0.1) is 28.0 Å². The number of hydrogen-bond acceptors (Lipinski definition) is 7. The number of hydrogen-bond donors (Lipinski definition) is 1. The molecular weight excluding hydrogens is 454 g/mol. The molecule has 9 nitrogen and oxygen atoms in total. The summed E-state index contributed by atoms with van der Waals surface area (Å²) in [5, 5.41) is 15.5. The summed E-state index contributed by atoms with van der Waals surface area (Å²) in [4.78, 5) is 21.2. The minimum absolute atomic E-state index is 0.0384. The van der Waals surface area contributed by atoms with Crippen LogP contribution in [0.2, 0.25) is 0 Å². The molecule has 0 spiro atoms. The van der Waals surface area contributed by atoms with Gasteiger partial charge >= 0.3 is 0 Å². The summed E-state index contributed by atoms with van der Waals surface area (Å²) in [5.74, 6) is 0.741. The van der Waals surface area contributed by atoms with E-state index in [1.165, 1.54) is 13.0 Å². The van der Waals surface area contributed by atoms with Gasteiger partial charge in [0.1, 0.15) is 17.8 Å². The largest absolute Gasteiger partial charge is 0.339 e.